The van der Waals surface area contributed by atoms with Crippen molar-refractivity contribution in [3.8, 4) is 22.5 Å². The molecule has 2 aromatic carbocycles. The molecule has 0 unspecified atom stereocenters. The molecule has 2 aliphatic rings. The molecule has 2 aromatic rings. The van der Waals surface area contributed by atoms with Gasteiger partial charge in [-0.2, -0.15) is 0 Å². The maximum atomic E-state index is 12.4. The monoisotopic (exact) mass is 385 g/mol. The molecule has 0 amide bonds. The van der Waals surface area contributed by atoms with Gasteiger partial charge in [-0.1, -0.05) is 24.3 Å². The first kappa shape index (κ1) is 18.9. The number of fused-ring (bicyclic) bond motifs is 2. The minimum atomic E-state index is 0.0533. The zero-order valence-electron chi connectivity index (χ0n) is 17.5. The van der Waals surface area contributed by atoms with Crippen LogP contribution < -0.4 is 14.8 Å². The van der Waals surface area contributed by atoms with Gasteiger partial charge in [0.2, 0.25) is 5.36 Å². The van der Waals surface area contributed by atoms with Crippen LogP contribution in [0.5, 0.6) is 0 Å². The molecule has 0 atom stereocenters. The molecule has 0 N–H and O–H groups in total. The highest BCUT2D eigenvalue weighted by atomic mass is 16.3. The first-order chi connectivity index (χ1) is 13.9. The van der Waals surface area contributed by atoms with Crippen LogP contribution in [0.25, 0.3) is 33.4 Å². The summed E-state index contributed by atoms with van der Waals surface area (Å²) in [5.41, 5.74) is 5.54. The molecule has 0 radical (unpaired) electrons. The number of carbonyl (C=O) groups excluding carboxylic acids is 1. The van der Waals surface area contributed by atoms with E-state index in [-0.39, 0.29) is 5.78 Å². The predicted octanol–water partition coefficient (Wildman–Crippen LogP) is 4.51. The Labute approximate surface area is 170 Å². The summed E-state index contributed by atoms with van der Waals surface area (Å²) in [7, 11) is 8.05. The van der Waals surface area contributed by atoms with Crippen LogP contribution >= 0.6 is 0 Å². The van der Waals surface area contributed by atoms with Gasteiger partial charge in [0, 0.05) is 54.0 Å². The molecular formula is C25H25N2O2+. The molecule has 4 rings (SSSR count). The van der Waals surface area contributed by atoms with E-state index in [1.54, 1.807) is 6.92 Å². The third-order valence-corrected chi connectivity index (χ3v) is 5.30. The third-order valence-electron chi connectivity index (χ3n) is 5.30. The fourth-order valence-electron chi connectivity index (χ4n) is 3.72. The Morgan fingerprint density at radius 3 is 2.38 bits per heavy atom. The Kier molecular flexibility index (Phi) is 4.71. The number of anilines is 1. The van der Waals surface area contributed by atoms with Crippen LogP contribution in [0.2, 0.25) is 0 Å². The maximum Gasteiger partial charge on any atom is 0.203 e. The molecule has 1 aliphatic carbocycles. The summed E-state index contributed by atoms with van der Waals surface area (Å²) in [5, 5.41) is 2.06. The number of hydrogen-bond donors (Lipinski definition) is 0. The van der Waals surface area contributed by atoms with E-state index in [1.165, 1.54) is 0 Å². The molecule has 146 valence electrons. The van der Waals surface area contributed by atoms with Crippen LogP contribution in [0.4, 0.5) is 5.69 Å². The van der Waals surface area contributed by atoms with Gasteiger partial charge in [0.1, 0.15) is 25.4 Å². The maximum absolute atomic E-state index is 12.4. The SMILES string of the molecule is CC(=O)c1ccccc1-c1c2ccc(=[N+](C)C)cc-2oc2cc(N(C)C)ccc12. The summed E-state index contributed by atoms with van der Waals surface area (Å²) in [6, 6.07) is 20.2. The first-order valence-corrected chi connectivity index (χ1v) is 9.65. The molecule has 0 saturated heterocycles. The lowest BCUT2D eigenvalue weighted by Crippen LogP contribution is -2.21. The van der Waals surface area contributed by atoms with E-state index in [0.29, 0.717) is 0 Å². The standard InChI is InChI=1S/C25H25N2O2/c1-16(28)19-8-6-7-9-20(19)25-21-12-10-17(26(2)3)14-23(21)29-24-15-18(27(4)5)11-13-22(24)25/h6-15H,1-5H3/q+1. The molecule has 0 aromatic heterocycles. The lowest BCUT2D eigenvalue weighted by atomic mass is 9.89. The zero-order chi connectivity index (χ0) is 20.7. The molecule has 1 heterocycles. The van der Waals surface area contributed by atoms with Crippen molar-refractivity contribution in [3.05, 3.63) is 71.6 Å². The predicted molar refractivity (Wildman–Crippen MR) is 120 cm³/mol. The number of benzene rings is 3. The average Bonchev–Trinajstić information content (AvgIpc) is 2.70. The highest BCUT2D eigenvalue weighted by molar-refractivity contribution is 6.09. The molecule has 29 heavy (non-hydrogen) atoms. The van der Waals surface area contributed by atoms with Gasteiger partial charge in [-0.15, -0.1) is 0 Å². The topological polar surface area (TPSA) is 36.5 Å². The summed E-state index contributed by atoms with van der Waals surface area (Å²) < 4.78 is 8.41. The van der Waals surface area contributed by atoms with Crippen molar-refractivity contribution in [3.63, 3.8) is 0 Å². The Morgan fingerprint density at radius 2 is 1.69 bits per heavy atom. The second-order valence-electron chi connectivity index (χ2n) is 7.73. The van der Waals surface area contributed by atoms with Crippen LogP contribution in [-0.2, 0) is 0 Å². The number of nitrogens with zero attached hydrogens (tertiary/aromatic N) is 2. The van der Waals surface area contributed by atoms with Gasteiger partial charge >= 0.3 is 0 Å². The Hall–Kier alpha value is -3.40. The zero-order valence-corrected chi connectivity index (χ0v) is 17.5. The van der Waals surface area contributed by atoms with Gasteiger partial charge in [-0.25, -0.2) is 4.58 Å². The van der Waals surface area contributed by atoms with E-state index >= 15 is 0 Å². The van der Waals surface area contributed by atoms with Gasteiger partial charge < -0.3 is 9.32 Å². The molecule has 4 heteroatoms. The largest absolute Gasteiger partial charge is 0.456 e. The number of rotatable bonds is 3. The average molecular weight is 385 g/mol. The minimum absolute atomic E-state index is 0.0533. The first-order valence-electron chi connectivity index (χ1n) is 9.65. The van der Waals surface area contributed by atoms with E-state index in [2.05, 4.69) is 45.9 Å². The fourth-order valence-corrected chi connectivity index (χ4v) is 3.72. The second kappa shape index (κ2) is 7.21. The van der Waals surface area contributed by atoms with E-state index in [9.17, 15) is 4.79 Å². The fraction of sp³-hybridized carbons (Fsp3) is 0.200. The van der Waals surface area contributed by atoms with Gasteiger partial charge in [0.25, 0.3) is 0 Å². The van der Waals surface area contributed by atoms with Crippen molar-refractivity contribution in [1.82, 2.24) is 4.58 Å². The normalized spacial score (nSPS) is 11.1. The van der Waals surface area contributed by atoms with Crippen LogP contribution in [0.15, 0.2) is 65.1 Å². The third kappa shape index (κ3) is 3.31. The van der Waals surface area contributed by atoms with Crippen molar-refractivity contribution in [2.45, 2.75) is 6.92 Å². The lowest BCUT2D eigenvalue weighted by Gasteiger charge is -2.19. The Balaban J connectivity index is 2.19. The van der Waals surface area contributed by atoms with Gasteiger partial charge in [-0.3, -0.25) is 4.79 Å². The molecular weight excluding hydrogens is 360 g/mol. The number of Topliss-reactive ketones (excluding diaryl/α,β-unsaturated/α-hetero) is 1. The number of hydrogen-bond acceptors (Lipinski definition) is 3. The highest BCUT2D eigenvalue weighted by Crippen LogP contribution is 2.41. The molecule has 4 nitrogen and oxygen atoms in total. The van der Waals surface area contributed by atoms with E-state index in [1.807, 2.05) is 52.5 Å². The summed E-state index contributed by atoms with van der Waals surface area (Å²) in [6.45, 7) is 1.62. The lowest BCUT2D eigenvalue weighted by molar-refractivity contribution is 0.101. The summed E-state index contributed by atoms with van der Waals surface area (Å²) in [4.78, 5) is 14.4. The highest BCUT2D eigenvalue weighted by Gasteiger charge is 2.21. The Bertz CT molecular complexity index is 1280. The van der Waals surface area contributed by atoms with Crippen molar-refractivity contribution in [2.24, 2.45) is 0 Å². The quantitative estimate of drug-likeness (QED) is 0.296. The number of ketones is 1. The van der Waals surface area contributed by atoms with E-state index in [4.69, 9.17) is 4.42 Å². The van der Waals surface area contributed by atoms with Crippen LogP contribution in [0.3, 0.4) is 0 Å². The van der Waals surface area contributed by atoms with Gasteiger partial charge in [0.05, 0.1) is 6.07 Å². The summed E-state index contributed by atoms with van der Waals surface area (Å²) >= 11 is 0. The van der Waals surface area contributed by atoms with Crippen molar-refractivity contribution >= 4 is 22.4 Å². The van der Waals surface area contributed by atoms with Crippen molar-refractivity contribution in [1.29, 1.82) is 0 Å². The molecule has 0 saturated carbocycles. The van der Waals surface area contributed by atoms with Crippen molar-refractivity contribution in [2.75, 3.05) is 33.1 Å². The van der Waals surface area contributed by atoms with E-state index < -0.39 is 0 Å². The van der Waals surface area contributed by atoms with Crippen LogP contribution in [-0.4, -0.2) is 34.0 Å². The van der Waals surface area contributed by atoms with Gasteiger partial charge in [-0.05, 0) is 30.7 Å². The molecule has 1 aliphatic heterocycles. The van der Waals surface area contributed by atoms with E-state index in [0.717, 1.165) is 50.0 Å². The molecule has 0 bridgehead atoms. The molecule has 0 fully saturated rings. The summed E-state index contributed by atoms with van der Waals surface area (Å²) in [5.74, 6) is 0.852. The number of carbonyl (C=O) groups is 1. The second-order valence-corrected chi connectivity index (χ2v) is 7.73. The smallest absolute Gasteiger partial charge is 0.203 e. The Morgan fingerprint density at radius 1 is 0.931 bits per heavy atom. The minimum Gasteiger partial charge on any atom is -0.456 e. The van der Waals surface area contributed by atoms with Crippen LogP contribution in [0, 0.1) is 0 Å². The summed E-state index contributed by atoms with van der Waals surface area (Å²) in [6.07, 6.45) is 0. The molecule has 0 spiro atoms. The van der Waals surface area contributed by atoms with Crippen LogP contribution in [0.1, 0.15) is 17.3 Å². The van der Waals surface area contributed by atoms with Crippen molar-refractivity contribution < 1.29 is 9.21 Å². The van der Waals surface area contributed by atoms with Gasteiger partial charge in [0.15, 0.2) is 5.78 Å².